The van der Waals surface area contributed by atoms with Gasteiger partial charge < -0.3 is 10.6 Å². The van der Waals surface area contributed by atoms with Crippen molar-refractivity contribution in [1.82, 2.24) is 25.2 Å². The van der Waals surface area contributed by atoms with E-state index < -0.39 is 0 Å². The lowest BCUT2D eigenvalue weighted by Gasteiger charge is -2.05. The average Bonchev–Trinajstić information content (AvgIpc) is 3.02. The van der Waals surface area contributed by atoms with Gasteiger partial charge in [0.1, 0.15) is 11.4 Å². The van der Waals surface area contributed by atoms with Crippen molar-refractivity contribution in [3.8, 4) is 0 Å². The van der Waals surface area contributed by atoms with Gasteiger partial charge in [0.05, 0.1) is 11.7 Å². The van der Waals surface area contributed by atoms with Crippen molar-refractivity contribution >= 4 is 17.3 Å². The van der Waals surface area contributed by atoms with E-state index in [2.05, 4.69) is 20.7 Å². The molecule has 0 bridgehead atoms. The number of nitrogens with one attached hydrogen (secondary N) is 2. The van der Waals surface area contributed by atoms with Crippen LogP contribution >= 0.6 is 0 Å². The normalized spacial score (nSPS) is 10.5. The predicted molar refractivity (Wildman–Crippen MR) is 84.0 cm³/mol. The highest BCUT2D eigenvalue weighted by Gasteiger charge is 2.12. The van der Waals surface area contributed by atoms with Gasteiger partial charge in [-0.3, -0.25) is 9.59 Å². The monoisotopic (exact) mass is 309 g/mol. The molecule has 0 saturated carbocycles. The summed E-state index contributed by atoms with van der Waals surface area (Å²) in [5.74, 6) is -0.673. The molecule has 7 heteroatoms. The smallest absolute Gasteiger partial charge is 0.270 e. The summed E-state index contributed by atoms with van der Waals surface area (Å²) < 4.78 is 1.74. The van der Waals surface area contributed by atoms with Crippen LogP contribution in [-0.4, -0.2) is 33.5 Å². The minimum absolute atomic E-state index is 0.197. The second-order valence-corrected chi connectivity index (χ2v) is 4.87. The lowest BCUT2D eigenvalue weighted by atomic mass is 10.2. The number of pyridine rings is 2. The Balaban J connectivity index is 1.73. The Bertz CT molecular complexity index is 872. The Morgan fingerprint density at radius 3 is 2.65 bits per heavy atom. The summed E-state index contributed by atoms with van der Waals surface area (Å²) >= 11 is 0. The average molecular weight is 309 g/mol. The van der Waals surface area contributed by atoms with Gasteiger partial charge in [0.15, 0.2) is 0 Å². The Morgan fingerprint density at radius 1 is 1.09 bits per heavy atom. The molecule has 7 nitrogen and oxygen atoms in total. The summed E-state index contributed by atoms with van der Waals surface area (Å²) in [5, 5.41) is 9.48. The van der Waals surface area contributed by atoms with Gasteiger partial charge in [0.2, 0.25) is 0 Å². The van der Waals surface area contributed by atoms with E-state index in [4.69, 9.17) is 0 Å². The van der Waals surface area contributed by atoms with Crippen LogP contribution in [0, 0.1) is 0 Å². The molecule has 0 aliphatic heterocycles. The standard InChI is InChI=1S/C16H15N5O2/c1-17-15(22)12-5-4-6-13(20-12)16(23)18-9-11-10-19-21-8-3-2-7-14(11)21/h2-8,10H,9H2,1H3,(H,17,22)(H,18,23). The molecule has 3 aromatic rings. The van der Waals surface area contributed by atoms with E-state index in [1.165, 1.54) is 7.05 Å². The van der Waals surface area contributed by atoms with Crippen molar-refractivity contribution in [2.24, 2.45) is 0 Å². The molecule has 0 fully saturated rings. The first-order valence-corrected chi connectivity index (χ1v) is 7.07. The molecule has 0 aromatic carbocycles. The maximum atomic E-state index is 12.2. The van der Waals surface area contributed by atoms with Crippen LogP contribution in [0.25, 0.3) is 5.52 Å². The van der Waals surface area contributed by atoms with Crippen LogP contribution in [0.5, 0.6) is 0 Å². The molecular weight excluding hydrogens is 294 g/mol. The molecule has 0 atom stereocenters. The first-order valence-electron chi connectivity index (χ1n) is 7.07. The maximum Gasteiger partial charge on any atom is 0.270 e. The Hall–Kier alpha value is -3.22. The number of carbonyl (C=O) groups excluding carboxylic acids is 2. The fourth-order valence-electron chi connectivity index (χ4n) is 2.21. The molecule has 3 heterocycles. The number of nitrogens with zero attached hydrogens (tertiary/aromatic N) is 3. The van der Waals surface area contributed by atoms with E-state index in [-0.39, 0.29) is 23.2 Å². The van der Waals surface area contributed by atoms with Crippen LogP contribution in [-0.2, 0) is 6.54 Å². The first-order chi connectivity index (χ1) is 11.2. The number of amides is 2. The van der Waals surface area contributed by atoms with Gasteiger partial charge in [0.25, 0.3) is 11.8 Å². The number of hydrogen-bond donors (Lipinski definition) is 2. The maximum absolute atomic E-state index is 12.2. The summed E-state index contributed by atoms with van der Waals surface area (Å²) in [7, 11) is 1.52. The van der Waals surface area contributed by atoms with Crippen molar-refractivity contribution in [3.05, 3.63) is 65.7 Å². The summed E-state index contributed by atoms with van der Waals surface area (Å²) in [6, 6.07) is 10.5. The Labute approximate surface area is 132 Å². The lowest BCUT2D eigenvalue weighted by molar-refractivity contribution is 0.0944. The molecule has 0 aliphatic rings. The number of fused-ring (bicyclic) bond motifs is 1. The molecule has 2 N–H and O–H groups in total. The largest absolute Gasteiger partial charge is 0.354 e. The second kappa shape index (κ2) is 6.27. The molecule has 0 spiro atoms. The molecule has 2 amide bonds. The Morgan fingerprint density at radius 2 is 1.87 bits per heavy atom. The third kappa shape index (κ3) is 3.03. The quantitative estimate of drug-likeness (QED) is 0.753. The van der Waals surface area contributed by atoms with Crippen LogP contribution in [0.3, 0.4) is 0 Å². The fourth-order valence-corrected chi connectivity index (χ4v) is 2.21. The Kier molecular flexibility index (Phi) is 4.01. The van der Waals surface area contributed by atoms with Crippen LogP contribution in [0.4, 0.5) is 0 Å². The van der Waals surface area contributed by atoms with Crippen LogP contribution in [0.2, 0.25) is 0 Å². The predicted octanol–water partition coefficient (Wildman–Crippen LogP) is 1.02. The number of hydrogen-bond acceptors (Lipinski definition) is 4. The highest BCUT2D eigenvalue weighted by molar-refractivity contribution is 5.96. The highest BCUT2D eigenvalue weighted by atomic mass is 16.2. The number of carbonyl (C=O) groups is 2. The van der Waals surface area contributed by atoms with Crippen LogP contribution < -0.4 is 10.6 Å². The highest BCUT2D eigenvalue weighted by Crippen LogP contribution is 2.09. The zero-order chi connectivity index (χ0) is 16.2. The van der Waals surface area contributed by atoms with Gasteiger partial charge in [0, 0.05) is 25.4 Å². The molecule has 0 aliphatic carbocycles. The van der Waals surface area contributed by atoms with Crippen molar-refractivity contribution < 1.29 is 9.59 Å². The van der Waals surface area contributed by atoms with Crippen molar-refractivity contribution in [2.75, 3.05) is 7.05 Å². The molecule has 3 aromatic heterocycles. The van der Waals surface area contributed by atoms with Crippen molar-refractivity contribution in [3.63, 3.8) is 0 Å². The van der Waals surface area contributed by atoms with E-state index in [0.717, 1.165) is 11.1 Å². The van der Waals surface area contributed by atoms with E-state index in [9.17, 15) is 9.59 Å². The summed E-state index contributed by atoms with van der Waals surface area (Å²) in [6.07, 6.45) is 3.55. The van der Waals surface area contributed by atoms with Crippen molar-refractivity contribution in [2.45, 2.75) is 6.54 Å². The zero-order valence-corrected chi connectivity index (χ0v) is 12.5. The zero-order valence-electron chi connectivity index (χ0n) is 12.5. The second-order valence-electron chi connectivity index (χ2n) is 4.87. The van der Waals surface area contributed by atoms with Crippen LogP contribution in [0.1, 0.15) is 26.5 Å². The molecule has 116 valence electrons. The summed E-state index contributed by atoms with van der Waals surface area (Å²) in [5.41, 5.74) is 2.24. The molecule has 23 heavy (non-hydrogen) atoms. The van der Waals surface area contributed by atoms with Crippen molar-refractivity contribution in [1.29, 1.82) is 0 Å². The molecule has 0 saturated heterocycles. The third-order valence-electron chi connectivity index (χ3n) is 3.39. The van der Waals surface area contributed by atoms with Gasteiger partial charge in [-0.1, -0.05) is 12.1 Å². The van der Waals surface area contributed by atoms with E-state index in [1.54, 1.807) is 28.9 Å². The van der Waals surface area contributed by atoms with Gasteiger partial charge in [-0.05, 0) is 24.3 Å². The van der Waals surface area contributed by atoms with E-state index in [0.29, 0.717) is 6.54 Å². The molecule has 0 unspecified atom stereocenters. The van der Waals surface area contributed by atoms with E-state index in [1.807, 2.05) is 24.4 Å². The lowest BCUT2D eigenvalue weighted by Crippen LogP contribution is -2.25. The van der Waals surface area contributed by atoms with Gasteiger partial charge in [-0.2, -0.15) is 5.10 Å². The molecular formula is C16H15N5O2. The fraction of sp³-hybridized carbons (Fsp3) is 0.125. The topological polar surface area (TPSA) is 88.4 Å². The summed E-state index contributed by atoms with van der Waals surface area (Å²) in [4.78, 5) is 27.8. The summed E-state index contributed by atoms with van der Waals surface area (Å²) in [6.45, 7) is 0.332. The molecule has 3 rings (SSSR count). The minimum Gasteiger partial charge on any atom is -0.354 e. The minimum atomic E-state index is -0.342. The molecule has 0 radical (unpaired) electrons. The van der Waals surface area contributed by atoms with Gasteiger partial charge in [-0.25, -0.2) is 9.50 Å². The first kappa shape index (κ1) is 14.7. The van der Waals surface area contributed by atoms with Gasteiger partial charge in [-0.15, -0.1) is 0 Å². The number of aromatic nitrogens is 3. The van der Waals surface area contributed by atoms with Crippen LogP contribution in [0.15, 0.2) is 48.8 Å². The number of rotatable bonds is 4. The third-order valence-corrected chi connectivity index (χ3v) is 3.39. The van der Waals surface area contributed by atoms with E-state index >= 15 is 0 Å². The SMILES string of the molecule is CNC(=O)c1cccc(C(=O)NCc2cnn3ccccc23)n1. The van der Waals surface area contributed by atoms with Gasteiger partial charge >= 0.3 is 0 Å².